The number of carbonyl (C=O) groups excluding carboxylic acids is 3. The molecule has 0 saturated heterocycles. The summed E-state index contributed by atoms with van der Waals surface area (Å²) in [7, 11) is 0. The maximum Gasteiger partial charge on any atom is 0.272 e. The molecule has 8 heteroatoms. The number of rotatable bonds is 10. The van der Waals surface area contributed by atoms with Crippen molar-refractivity contribution in [3.8, 4) is 0 Å². The van der Waals surface area contributed by atoms with Crippen molar-refractivity contribution < 1.29 is 14.4 Å². The van der Waals surface area contributed by atoms with Crippen molar-refractivity contribution >= 4 is 68.6 Å². The molecule has 224 valence electrons. The van der Waals surface area contributed by atoms with Crippen molar-refractivity contribution in [3.05, 3.63) is 161 Å². The van der Waals surface area contributed by atoms with E-state index in [-0.39, 0.29) is 11.6 Å². The zero-order valence-electron chi connectivity index (χ0n) is 24.4. The van der Waals surface area contributed by atoms with Gasteiger partial charge in [0.15, 0.2) is 0 Å². The van der Waals surface area contributed by atoms with Crippen LogP contribution < -0.4 is 15.5 Å². The molecule has 0 aromatic heterocycles. The predicted molar refractivity (Wildman–Crippen MR) is 186 cm³/mol. The second-order valence-corrected chi connectivity index (χ2v) is 12.3. The average molecular weight is 677 g/mol. The largest absolute Gasteiger partial charge is 0.321 e. The van der Waals surface area contributed by atoms with Gasteiger partial charge in [-0.25, -0.2) is 0 Å². The van der Waals surface area contributed by atoms with Crippen LogP contribution in [0.4, 0.5) is 17.1 Å². The van der Waals surface area contributed by atoms with Gasteiger partial charge in [0.1, 0.15) is 5.70 Å². The lowest BCUT2D eigenvalue weighted by Crippen LogP contribution is -2.32. The molecule has 0 radical (unpaired) electrons. The van der Waals surface area contributed by atoms with Crippen LogP contribution in [0.15, 0.2) is 155 Å². The summed E-state index contributed by atoms with van der Waals surface area (Å²) in [5.41, 5.74) is 3.42. The minimum Gasteiger partial charge on any atom is -0.321 e. The van der Waals surface area contributed by atoms with Crippen LogP contribution in [0.1, 0.15) is 22.8 Å². The minimum absolute atomic E-state index is 0.0498. The molecule has 5 rings (SSSR count). The van der Waals surface area contributed by atoms with Gasteiger partial charge in [-0.2, -0.15) is 0 Å². The van der Waals surface area contributed by atoms with Crippen LogP contribution in [-0.4, -0.2) is 23.0 Å². The van der Waals surface area contributed by atoms with Gasteiger partial charge in [0.2, 0.25) is 5.91 Å². The molecule has 5 aromatic carbocycles. The van der Waals surface area contributed by atoms with Gasteiger partial charge in [0, 0.05) is 32.0 Å². The van der Waals surface area contributed by atoms with Crippen molar-refractivity contribution in [3.63, 3.8) is 0 Å². The normalized spacial score (nSPS) is 11.7. The molecule has 0 aliphatic heterocycles. The summed E-state index contributed by atoms with van der Waals surface area (Å²) < 4.78 is 0.849. The van der Waals surface area contributed by atoms with Crippen molar-refractivity contribution in [2.24, 2.45) is 0 Å². The first-order chi connectivity index (χ1) is 21.9. The number of para-hydroxylation sites is 2. The van der Waals surface area contributed by atoms with Gasteiger partial charge in [-0.3, -0.25) is 19.3 Å². The Kier molecular flexibility index (Phi) is 10.6. The molecule has 0 aliphatic carbocycles. The van der Waals surface area contributed by atoms with Gasteiger partial charge in [-0.1, -0.05) is 82.7 Å². The molecular weight excluding hydrogens is 646 g/mol. The van der Waals surface area contributed by atoms with E-state index >= 15 is 0 Å². The first-order valence-electron chi connectivity index (χ1n) is 14.2. The molecule has 3 amide bonds. The standard InChI is InChI=1S/C37H30BrN3O3S/c1-26(37(44)41(31-16-7-3-8-17-31)32-18-9-4-10-19-32)45-33-22-20-30(21-23-33)39-36(43)34(25-27-12-11-15-29(38)24-27)40-35(42)28-13-5-2-6-14-28/h2-26H,1H3,(H,39,43)(H,40,42)/b34-25-. The fraction of sp³-hybridized carbons (Fsp3) is 0.0541. The number of halogens is 1. The quantitative estimate of drug-likeness (QED) is 0.115. The lowest BCUT2D eigenvalue weighted by molar-refractivity contribution is -0.117. The smallest absolute Gasteiger partial charge is 0.272 e. The molecule has 1 unspecified atom stereocenters. The molecule has 0 spiro atoms. The van der Waals surface area contributed by atoms with Crippen molar-refractivity contribution in [1.82, 2.24) is 5.32 Å². The molecule has 0 saturated carbocycles. The number of amides is 3. The summed E-state index contributed by atoms with van der Waals surface area (Å²) in [6.45, 7) is 1.88. The Morgan fingerprint density at radius 1 is 0.733 bits per heavy atom. The summed E-state index contributed by atoms with van der Waals surface area (Å²) >= 11 is 4.89. The Morgan fingerprint density at radius 2 is 1.31 bits per heavy atom. The van der Waals surface area contributed by atoms with E-state index in [0.717, 1.165) is 26.3 Å². The maximum atomic E-state index is 13.7. The summed E-state index contributed by atoms with van der Waals surface area (Å²) in [6.07, 6.45) is 1.63. The fourth-order valence-corrected chi connectivity index (χ4v) is 5.84. The molecule has 0 aliphatic rings. The number of anilines is 3. The van der Waals surface area contributed by atoms with E-state index in [9.17, 15) is 14.4 Å². The summed E-state index contributed by atoms with van der Waals surface area (Å²) in [6, 6.07) is 42.6. The molecule has 45 heavy (non-hydrogen) atoms. The molecule has 0 fully saturated rings. The highest BCUT2D eigenvalue weighted by atomic mass is 79.9. The first kappa shape index (κ1) is 31.5. The topological polar surface area (TPSA) is 78.5 Å². The third kappa shape index (κ3) is 8.59. The van der Waals surface area contributed by atoms with Crippen LogP contribution in [0.25, 0.3) is 6.08 Å². The molecule has 6 nitrogen and oxygen atoms in total. The number of hydrogen-bond acceptors (Lipinski definition) is 4. The zero-order chi connectivity index (χ0) is 31.6. The van der Waals surface area contributed by atoms with E-state index in [2.05, 4.69) is 26.6 Å². The van der Waals surface area contributed by atoms with Crippen molar-refractivity contribution in [1.29, 1.82) is 0 Å². The van der Waals surface area contributed by atoms with Crippen LogP contribution in [0.5, 0.6) is 0 Å². The van der Waals surface area contributed by atoms with E-state index in [4.69, 9.17) is 0 Å². The van der Waals surface area contributed by atoms with Crippen LogP contribution in [-0.2, 0) is 9.59 Å². The molecular formula is C37H30BrN3O3S. The van der Waals surface area contributed by atoms with E-state index in [1.807, 2.05) is 110 Å². The molecule has 2 N–H and O–H groups in total. The Hall–Kier alpha value is -4.92. The summed E-state index contributed by atoms with van der Waals surface area (Å²) in [5.74, 6) is -0.909. The number of hydrogen-bond donors (Lipinski definition) is 2. The van der Waals surface area contributed by atoms with Gasteiger partial charge < -0.3 is 10.6 Å². The number of thioether (sulfide) groups is 1. The number of benzene rings is 5. The second-order valence-electron chi connectivity index (χ2n) is 10.0. The Bertz CT molecular complexity index is 1760. The number of carbonyl (C=O) groups is 3. The monoisotopic (exact) mass is 675 g/mol. The van der Waals surface area contributed by atoms with Gasteiger partial charge in [-0.15, -0.1) is 11.8 Å². The predicted octanol–water partition coefficient (Wildman–Crippen LogP) is 8.70. The average Bonchev–Trinajstić information content (AvgIpc) is 3.07. The highest BCUT2D eigenvalue weighted by Gasteiger charge is 2.24. The van der Waals surface area contributed by atoms with Crippen LogP contribution >= 0.6 is 27.7 Å². The Morgan fingerprint density at radius 3 is 1.89 bits per heavy atom. The Balaban J connectivity index is 1.29. The lowest BCUT2D eigenvalue weighted by Gasteiger charge is -2.26. The zero-order valence-corrected chi connectivity index (χ0v) is 26.8. The Labute approximate surface area is 275 Å². The van der Waals surface area contributed by atoms with Gasteiger partial charge in [0.25, 0.3) is 11.8 Å². The second kappa shape index (κ2) is 15.2. The molecule has 0 heterocycles. The first-order valence-corrected chi connectivity index (χ1v) is 15.9. The summed E-state index contributed by atoms with van der Waals surface area (Å²) in [4.78, 5) is 42.6. The third-order valence-corrected chi connectivity index (χ3v) is 8.30. The number of nitrogens with zero attached hydrogens (tertiary/aromatic N) is 1. The van der Waals surface area contributed by atoms with Gasteiger partial charge >= 0.3 is 0 Å². The van der Waals surface area contributed by atoms with Gasteiger partial charge in [0.05, 0.1) is 5.25 Å². The number of nitrogens with one attached hydrogen (secondary N) is 2. The van der Waals surface area contributed by atoms with E-state index in [1.165, 1.54) is 11.8 Å². The molecule has 0 bridgehead atoms. The van der Waals surface area contributed by atoms with Crippen molar-refractivity contribution in [2.75, 3.05) is 10.2 Å². The fourth-order valence-electron chi connectivity index (χ4n) is 4.51. The molecule has 5 aromatic rings. The lowest BCUT2D eigenvalue weighted by atomic mass is 10.1. The maximum absolute atomic E-state index is 13.7. The summed E-state index contributed by atoms with van der Waals surface area (Å²) in [5, 5.41) is 5.25. The van der Waals surface area contributed by atoms with E-state index in [1.54, 1.807) is 47.4 Å². The van der Waals surface area contributed by atoms with Crippen LogP contribution in [0.3, 0.4) is 0 Å². The SMILES string of the molecule is CC(Sc1ccc(NC(=O)/C(=C/c2cccc(Br)c2)NC(=O)c2ccccc2)cc1)C(=O)N(c1ccccc1)c1ccccc1. The molecule has 1 atom stereocenters. The highest BCUT2D eigenvalue weighted by molar-refractivity contribution is 9.10. The minimum atomic E-state index is -0.468. The third-order valence-electron chi connectivity index (χ3n) is 6.71. The van der Waals surface area contributed by atoms with Crippen molar-refractivity contribution in [2.45, 2.75) is 17.1 Å². The van der Waals surface area contributed by atoms with E-state index < -0.39 is 17.1 Å². The van der Waals surface area contributed by atoms with E-state index in [0.29, 0.717) is 11.3 Å². The highest BCUT2D eigenvalue weighted by Crippen LogP contribution is 2.31. The van der Waals surface area contributed by atoms with Crippen LogP contribution in [0, 0.1) is 0 Å². The van der Waals surface area contributed by atoms with Crippen LogP contribution in [0.2, 0.25) is 0 Å². The van der Waals surface area contributed by atoms with Gasteiger partial charge in [-0.05, 0) is 91.4 Å².